The number of rotatable bonds is 5. The molecule has 3 aromatic rings. The monoisotopic (exact) mass is 537 g/mol. The van der Waals surface area contributed by atoms with E-state index in [1.54, 1.807) is 18.6 Å². The number of carbonyl (C=O) groups excluding carboxylic acids is 1. The van der Waals surface area contributed by atoms with E-state index < -0.39 is 24.8 Å². The van der Waals surface area contributed by atoms with Crippen LogP contribution in [0.2, 0.25) is 0 Å². The van der Waals surface area contributed by atoms with Gasteiger partial charge in [0.1, 0.15) is 17.4 Å². The fraction of sp³-hybridized carbons (Fsp3) is 0.500. The second-order valence-electron chi connectivity index (χ2n) is 8.65. The Balaban J connectivity index is 0.000000599. The molecule has 0 radical (unpaired) electrons. The van der Waals surface area contributed by atoms with Crippen molar-refractivity contribution < 1.29 is 22.4 Å². The number of carbonyl (C=O) groups is 1. The van der Waals surface area contributed by atoms with Gasteiger partial charge >= 0.3 is 6.18 Å². The highest BCUT2D eigenvalue weighted by atomic mass is 19.4. The topological polar surface area (TPSA) is 112 Å². The third kappa shape index (κ3) is 6.92. The van der Waals surface area contributed by atoms with E-state index in [2.05, 4.69) is 35.9 Å². The van der Waals surface area contributed by atoms with E-state index in [9.17, 15) is 22.4 Å². The molecule has 4 heterocycles. The number of aryl methyl sites for hydroxylation is 1. The lowest BCUT2D eigenvalue weighted by atomic mass is 10.0. The summed E-state index contributed by atoms with van der Waals surface area (Å²) in [6.45, 7) is 4.99. The molecule has 38 heavy (non-hydrogen) atoms. The summed E-state index contributed by atoms with van der Waals surface area (Å²) in [6, 6.07) is 5.21. The maximum Gasteiger partial charge on any atom is 0.388 e. The molecule has 4 rings (SSSR count). The van der Waals surface area contributed by atoms with E-state index in [1.807, 2.05) is 31.3 Å². The molecule has 10 nitrogen and oxygen atoms in total. The first kappa shape index (κ1) is 28.7. The zero-order valence-corrected chi connectivity index (χ0v) is 21.8. The Bertz CT molecular complexity index is 1290. The van der Waals surface area contributed by atoms with Gasteiger partial charge in [-0.2, -0.15) is 28.4 Å². The Morgan fingerprint density at radius 1 is 1.24 bits per heavy atom. The zero-order chi connectivity index (χ0) is 28.0. The molecule has 0 aliphatic carbocycles. The van der Waals surface area contributed by atoms with Crippen LogP contribution < -0.4 is 10.6 Å². The molecule has 1 aliphatic rings. The number of amides is 1. The van der Waals surface area contributed by atoms with Gasteiger partial charge in [0.2, 0.25) is 11.9 Å². The number of halogens is 4. The van der Waals surface area contributed by atoms with Crippen molar-refractivity contribution in [2.45, 2.75) is 52.0 Å². The van der Waals surface area contributed by atoms with Crippen molar-refractivity contribution in [3.8, 4) is 11.3 Å². The summed E-state index contributed by atoms with van der Waals surface area (Å²) in [7, 11) is 3.39. The molecule has 1 fully saturated rings. The third-order valence-corrected chi connectivity index (χ3v) is 5.99. The first-order chi connectivity index (χ1) is 18.0. The van der Waals surface area contributed by atoms with E-state index in [0.717, 1.165) is 29.4 Å². The van der Waals surface area contributed by atoms with Crippen molar-refractivity contribution in [2.24, 2.45) is 10.2 Å². The number of pyridine rings is 1. The lowest BCUT2D eigenvalue weighted by Gasteiger charge is -2.34. The quantitative estimate of drug-likeness (QED) is 0.343. The average molecular weight is 538 g/mol. The summed E-state index contributed by atoms with van der Waals surface area (Å²) >= 11 is 0. The Labute approximate surface area is 217 Å². The minimum atomic E-state index is -3.96. The molecule has 0 spiro atoms. The van der Waals surface area contributed by atoms with Crippen LogP contribution in [0, 0.1) is 6.92 Å². The third-order valence-electron chi connectivity index (χ3n) is 5.99. The predicted octanol–water partition coefficient (Wildman–Crippen LogP) is 5.18. The van der Waals surface area contributed by atoms with Crippen LogP contribution in [-0.2, 0) is 4.79 Å². The lowest BCUT2D eigenvalue weighted by Crippen LogP contribution is -2.49. The molecular weight excluding hydrogens is 506 g/mol. The van der Waals surface area contributed by atoms with Gasteiger partial charge < -0.3 is 15.5 Å². The van der Waals surface area contributed by atoms with Gasteiger partial charge in [0, 0.05) is 45.7 Å². The standard InChI is InChI=1S/C21H26FN9O.C3H5F3/c1-12-16(28-24-4)5-6-17(25-12)14-7-10-31-19(14)20(23-3)27-21(29-31)26-18-8-9-30(13(2)32)11-15(18)22;1-2-3(4,5)6/h5-7,10,15,18H,8-9,11H2,1-4H3,(H2,23,26,27,29);2H2,1H3. The van der Waals surface area contributed by atoms with Gasteiger partial charge in [-0.3, -0.25) is 9.78 Å². The van der Waals surface area contributed by atoms with Crippen LogP contribution in [-0.4, -0.2) is 76.0 Å². The summed E-state index contributed by atoms with van der Waals surface area (Å²) in [6.07, 6.45) is -3.58. The maximum atomic E-state index is 14.6. The van der Waals surface area contributed by atoms with Crippen molar-refractivity contribution in [1.82, 2.24) is 24.5 Å². The number of alkyl halides is 4. The molecule has 2 unspecified atom stereocenters. The van der Waals surface area contributed by atoms with Crippen LogP contribution in [0.4, 0.5) is 35.0 Å². The molecule has 3 aromatic heterocycles. The van der Waals surface area contributed by atoms with Gasteiger partial charge in [-0.25, -0.2) is 8.91 Å². The van der Waals surface area contributed by atoms with E-state index in [-0.39, 0.29) is 12.5 Å². The SMILES string of the molecule is CCC(F)(F)F.CN=Nc1ccc(-c2ccn3nc(NC4CCN(C(C)=O)CC4F)nc(NC)c23)nc1C. The second kappa shape index (κ2) is 12.1. The predicted molar refractivity (Wildman–Crippen MR) is 136 cm³/mol. The maximum absolute atomic E-state index is 14.6. The van der Waals surface area contributed by atoms with Gasteiger partial charge in [-0.05, 0) is 31.5 Å². The summed E-state index contributed by atoms with van der Waals surface area (Å²) in [5, 5.41) is 18.6. The number of azo groups is 1. The number of hydrogen-bond acceptors (Lipinski definition) is 8. The van der Waals surface area contributed by atoms with Crippen LogP contribution in [0.3, 0.4) is 0 Å². The fourth-order valence-corrected chi connectivity index (χ4v) is 3.90. The fourth-order valence-electron chi connectivity index (χ4n) is 3.90. The Hall–Kier alpha value is -3.84. The van der Waals surface area contributed by atoms with E-state index in [0.29, 0.717) is 30.4 Å². The highest BCUT2D eigenvalue weighted by molar-refractivity contribution is 5.87. The summed E-state index contributed by atoms with van der Waals surface area (Å²) in [5.41, 5.74) is 3.87. The van der Waals surface area contributed by atoms with Crippen LogP contribution in [0.15, 0.2) is 34.6 Å². The number of aromatic nitrogens is 4. The first-order valence-electron chi connectivity index (χ1n) is 12.0. The average Bonchev–Trinajstić information content (AvgIpc) is 3.30. The summed E-state index contributed by atoms with van der Waals surface area (Å²) in [5.74, 6) is 0.794. The highest BCUT2D eigenvalue weighted by Crippen LogP contribution is 2.31. The Morgan fingerprint density at radius 3 is 2.50 bits per heavy atom. The molecule has 1 amide bonds. The first-order valence-corrected chi connectivity index (χ1v) is 12.0. The van der Waals surface area contributed by atoms with Gasteiger partial charge in [-0.1, -0.05) is 6.92 Å². The number of hydrogen-bond donors (Lipinski definition) is 2. The lowest BCUT2D eigenvalue weighted by molar-refractivity contribution is -0.131. The Kier molecular flexibility index (Phi) is 9.17. The minimum Gasteiger partial charge on any atom is -0.371 e. The van der Waals surface area contributed by atoms with Crippen LogP contribution >= 0.6 is 0 Å². The van der Waals surface area contributed by atoms with Gasteiger partial charge in [0.25, 0.3) is 0 Å². The van der Waals surface area contributed by atoms with E-state index >= 15 is 0 Å². The molecule has 2 atom stereocenters. The molecule has 1 aliphatic heterocycles. The molecule has 14 heteroatoms. The van der Waals surface area contributed by atoms with E-state index in [1.165, 1.54) is 11.8 Å². The van der Waals surface area contributed by atoms with Crippen molar-refractivity contribution in [1.29, 1.82) is 0 Å². The summed E-state index contributed by atoms with van der Waals surface area (Å²) < 4.78 is 48.7. The van der Waals surface area contributed by atoms with Gasteiger partial charge in [-0.15, -0.1) is 5.10 Å². The van der Waals surface area contributed by atoms with Crippen molar-refractivity contribution in [3.05, 3.63) is 30.1 Å². The number of anilines is 2. The number of fused-ring (bicyclic) bond motifs is 1. The smallest absolute Gasteiger partial charge is 0.371 e. The van der Waals surface area contributed by atoms with Gasteiger partial charge in [0.05, 0.1) is 24.0 Å². The summed E-state index contributed by atoms with van der Waals surface area (Å²) in [4.78, 5) is 22.3. The molecule has 2 N–H and O–H groups in total. The second-order valence-corrected chi connectivity index (χ2v) is 8.65. The largest absolute Gasteiger partial charge is 0.388 e. The van der Waals surface area contributed by atoms with Crippen molar-refractivity contribution in [3.63, 3.8) is 0 Å². The number of nitrogens with one attached hydrogen (secondary N) is 2. The molecule has 0 bridgehead atoms. The Morgan fingerprint density at radius 2 is 1.95 bits per heavy atom. The van der Waals surface area contributed by atoms with Crippen LogP contribution in [0.1, 0.15) is 32.4 Å². The number of likely N-dealkylation sites (tertiary alicyclic amines) is 1. The van der Waals surface area contributed by atoms with E-state index in [4.69, 9.17) is 0 Å². The van der Waals surface area contributed by atoms with Crippen molar-refractivity contribution >= 4 is 28.9 Å². The molecule has 0 aromatic carbocycles. The zero-order valence-electron chi connectivity index (χ0n) is 21.8. The van der Waals surface area contributed by atoms with Gasteiger partial charge in [0.15, 0.2) is 5.82 Å². The molecule has 206 valence electrons. The number of piperidine rings is 1. The molecule has 0 saturated carbocycles. The van der Waals surface area contributed by atoms with Crippen LogP contribution in [0.25, 0.3) is 16.8 Å². The number of nitrogens with zero attached hydrogens (tertiary/aromatic N) is 7. The van der Waals surface area contributed by atoms with Crippen molar-refractivity contribution in [2.75, 3.05) is 37.8 Å². The van der Waals surface area contributed by atoms with Crippen LogP contribution in [0.5, 0.6) is 0 Å². The minimum absolute atomic E-state index is 0.0699. The highest BCUT2D eigenvalue weighted by Gasteiger charge is 2.31. The normalized spacial score (nSPS) is 17.9. The molecular formula is C24H31F4N9O. The molecule has 1 saturated heterocycles.